The molecular formula is C24H26N2O5. The summed E-state index contributed by atoms with van der Waals surface area (Å²) in [5.41, 5.74) is -0.422. The molecule has 1 aromatic heterocycles. The predicted molar refractivity (Wildman–Crippen MR) is 117 cm³/mol. The molecule has 0 saturated heterocycles. The number of alkyl carbamates (subject to hydrolysis) is 1. The molecule has 0 spiro atoms. The van der Waals surface area contributed by atoms with Gasteiger partial charge in [-0.2, -0.15) is 0 Å². The Balaban J connectivity index is 1.97. The SMILES string of the molecule is CC(C)(C)CC(NC(=O)OCc1ccccc1)(C(=O)O)c1ccc2nc(O)ccc2c1. The summed E-state index contributed by atoms with van der Waals surface area (Å²) in [6.07, 6.45) is -0.688. The monoisotopic (exact) mass is 422 g/mol. The maximum absolute atomic E-state index is 12.7. The molecule has 7 heteroatoms. The first-order valence-corrected chi connectivity index (χ1v) is 9.92. The number of aliphatic carboxylic acids is 1. The normalized spacial score (nSPS) is 13.4. The van der Waals surface area contributed by atoms with Gasteiger partial charge in [0.25, 0.3) is 0 Å². The van der Waals surface area contributed by atoms with Crippen LogP contribution in [0.1, 0.15) is 38.3 Å². The number of carboxylic acids is 1. The minimum Gasteiger partial charge on any atom is -0.493 e. The second-order valence-electron chi connectivity index (χ2n) is 8.71. The van der Waals surface area contributed by atoms with E-state index >= 15 is 0 Å². The maximum atomic E-state index is 12.7. The summed E-state index contributed by atoms with van der Waals surface area (Å²) in [5.74, 6) is -1.31. The number of carboxylic acid groups (broad SMARTS) is 1. The van der Waals surface area contributed by atoms with Crippen molar-refractivity contribution in [2.45, 2.75) is 39.3 Å². The zero-order valence-electron chi connectivity index (χ0n) is 17.8. The Hall–Kier alpha value is -3.61. The molecule has 1 unspecified atom stereocenters. The fourth-order valence-corrected chi connectivity index (χ4v) is 3.58. The molecule has 1 atom stereocenters. The van der Waals surface area contributed by atoms with E-state index in [0.717, 1.165) is 5.56 Å². The summed E-state index contributed by atoms with van der Waals surface area (Å²) in [7, 11) is 0. The van der Waals surface area contributed by atoms with Crippen molar-refractivity contribution in [3.63, 3.8) is 0 Å². The lowest BCUT2D eigenvalue weighted by Crippen LogP contribution is -2.54. The number of rotatable bonds is 6. The number of nitrogens with zero attached hydrogens (tertiary/aromatic N) is 1. The van der Waals surface area contributed by atoms with Crippen LogP contribution in [0.4, 0.5) is 4.79 Å². The lowest BCUT2D eigenvalue weighted by molar-refractivity contribution is -0.146. The van der Waals surface area contributed by atoms with E-state index in [1.54, 1.807) is 24.3 Å². The summed E-state index contributed by atoms with van der Waals surface area (Å²) < 4.78 is 5.31. The number of carbonyl (C=O) groups is 2. The third-order valence-corrected chi connectivity index (χ3v) is 4.86. The summed E-state index contributed by atoms with van der Waals surface area (Å²) in [4.78, 5) is 29.3. The molecule has 3 N–H and O–H groups in total. The Labute approximate surface area is 180 Å². The number of amides is 1. The van der Waals surface area contributed by atoms with Crippen molar-refractivity contribution in [2.24, 2.45) is 5.41 Å². The lowest BCUT2D eigenvalue weighted by Gasteiger charge is -2.36. The fraction of sp³-hybridized carbons (Fsp3) is 0.292. The number of benzene rings is 2. The van der Waals surface area contributed by atoms with Gasteiger partial charge in [0.15, 0.2) is 5.54 Å². The molecule has 0 aliphatic rings. The first-order chi connectivity index (χ1) is 14.6. The summed E-state index contributed by atoms with van der Waals surface area (Å²) in [6, 6.07) is 17.1. The van der Waals surface area contributed by atoms with Gasteiger partial charge >= 0.3 is 12.1 Å². The highest BCUT2D eigenvalue weighted by atomic mass is 16.5. The van der Waals surface area contributed by atoms with Crippen molar-refractivity contribution >= 4 is 23.0 Å². The minimum atomic E-state index is -1.71. The number of hydrogen-bond donors (Lipinski definition) is 3. The molecule has 0 aliphatic carbocycles. The van der Waals surface area contributed by atoms with Crippen LogP contribution in [0.2, 0.25) is 0 Å². The van der Waals surface area contributed by atoms with Crippen LogP contribution < -0.4 is 5.32 Å². The van der Waals surface area contributed by atoms with Gasteiger partial charge in [0.2, 0.25) is 5.88 Å². The predicted octanol–water partition coefficient (Wildman–Crippen LogP) is 4.58. The number of fused-ring (bicyclic) bond motifs is 1. The smallest absolute Gasteiger partial charge is 0.408 e. The van der Waals surface area contributed by atoms with E-state index in [-0.39, 0.29) is 18.9 Å². The van der Waals surface area contributed by atoms with Gasteiger partial charge in [0, 0.05) is 11.5 Å². The van der Waals surface area contributed by atoms with E-state index in [9.17, 15) is 19.8 Å². The van der Waals surface area contributed by atoms with Crippen LogP contribution in [0.25, 0.3) is 10.9 Å². The van der Waals surface area contributed by atoms with E-state index in [1.165, 1.54) is 6.07 Å². The topological polar surface area (TPSA) is 109 Å². The van der Waals surface area contributed by atoms with E-state index in [4.69, 9.17) is 4.74 Å². The second kappa shape index (κ2) is 8.63. The largest absolute Gasteiger partial charge is 0.493 e. The average Bonchev–Trinajstić information content (AvgIpc) is 2.71. The Bertz CT molecular complexity index is 1090. The first-order valence-electron chi connectivity index (χ1n) is 9.92. The Kier molecular flexibility index (Phi) is 6.15. The van der Waals surface area contributed by atoms with Gasteiger partial charge in [-0.25, -0.2) is 14.6 Å². The Morgan fingerprint density at radius 1 is 1.03 bits per heavy atom. The number of hydrogen-bond acceptors (Lipinski definition) is 5. The molecule has 31 heavy (non-hydrogen) atoms. The molecule has 0 bridgehead atoms. The molecule has 0 aliphatic heterocycles. The molecule has 1 heterocycles. The quantitative estimate of drug-likeness (QED) is 0.536. The highest BCUT2D eigenvalue weighted by Crippen LogP contribution is 2.36. The lowest BCUT2D eigenvalue weighted by atomic mass is 9.75. The minimum absolute atomic E-state index is 0.0266. The van der Waals surface area contributed by atoms with Crippen molar-refractivity contribution in [3.8, 4) is 5.88 Å². The molecule has 0 radical (unpaired) electrons. The number of nitrogens with one attached hydrogen (secondary N) is 1. The standard InChI is InChI=1S/C24H26N2O5/c1-23(2,3)15-24(21(28)29,26-22(30)31-14-16-7-5-4-6-8-16)18-10-11-19-17(13-18)9-12-20(27)25-19/h4-13H,14-15H2,1-3H3,(H,25,27)(H,26,30)(H,28,29). The van der Waals surface area contributed by atoms with Crippen molar-refractivity contribution in [2.75, 3.05) is 0 Å². The van der Waals surface area contributed by atoms with Gasteiger partial charge in [-0.1, -0.05) is 57.2 Å². The zero-order chi connectivity index (χ0) is 22.6. The van der Waals surface area contributed by atoms with E-state index in [2.05, 4.69) is 10.3 Å². The molecule has 0 fully saturated rings. The van der Waals surface area contributed by atoms with Crippen LogP contribution in [-0.4, -0.2) is 27.3 Å². The summed E-state index contributed by atoms with van der Waals surface area (Å²) in [6.45, 7) is 5.74. The highest BCUT2D eigenvalue weighted by molar-refractivity contribution is 5.88. The Morgan fingerprint density at radius 3 is 2.39 bits per heavy atom. The van der Waals surface area contributed by atoms with Crippen LogP contribution >= 0.6 is 0 Å². The average molecular weight is 422 g/mol. The number of aromatic nitrogens is 1. The van der Waals surface area contributed by atoms with Gasteiger partial charge in [-0.3, -0.25) is 0 Å². The second-order valence-corrected chi connectivity index (χ2v) is 8.71. The van der Waals surface area contributed by atoms with Gasteiger partial charge in [0.1, 0.15) is 6.61 Å². The van der Waals surface area contributed by atoms with E-state index in [1.807, 2.05) is 51.1 Å². The molecular weight excluding hydrogens is 396 g/mol. The highest BCUT2D eigenvalue weighted by Gasteiger charge is 2.45. The van der Waals surface area contributed by atoms with E-state index in [0.29, 0.717) is 16.5 Å². The fourth-order valence-electron chi connectivity index (χ4n) is 3.58. The van der Waals surface area contributed by atoms with Crippen molar-refractivity contribution < 1.29 is 24.5 Å². The number of aromatic hydroxyl groups is 1. The molecule has 3 rings (SSSR count). The van der Waals surface area contributed by atoms with Crippen LogP contribution in [0.3, 0.4) is 0 Å². The third kappa shape index (κ3) is 5.31. The van der Waals surface area contributed by atoms with Gasteiger partial charge in [-0.15, -0.1) is 0 Å². The van der Waals surface area contributed by atoms with Crippen LogP contribution in [0, 0.1) is 5.41 Å². The zero-order valence-corrected chi connectivity index (χ0v) is 17.8. The molecule has 0 saturated carbocycles. The molecule has 3 aromatic rings. The van der Waals surface area contributed by atoms with Crippen molar-refractivity contribution in [1.82, 2.24) is 10.3 Å². The van der Waals surface area contributed by atoms with Gasteiger partial charge < -0.3 is 20.3 Å². The molecule has 2 aromatic carbocycles. The number of carbonyl (C=O) groups excluding carboxylic acids is 1. The molecule has 162 valence electrons. The summed E-state index contributed by atoms with van der Waals surface area (Å²) >= 11 is 0. The molecule has 7 nitrogen and oxygen atoms in total. The third-order valence-electron chi connectivity index (χ3n) is 4.86. The van der Waals surface area contributed by atoms with Crippen molar-refractivity contribution in [1.29, 1.82) is 0 Å². The van der Waals surface area contributed by atoms with Crippen molar-refractivity contribution in [3.05, 3.63) is 71.8 Å². The van der Waals surface area contributed by atoms with Crippen LogP contribution in [0.15, 0.2) is 60.7 Å². The van der Waals surface area contributed by atoms with Gasteiger partial charge in [-0.05, 0) is 41.2 Å². The Morgan fingerprint density at radius 2 is 1.74 bits per heavy atom. The van der Waals surface area contributed by atoms with Crippen LogP contribution in [-0.2, 0) is 21.7 Å². The maximum Gasteiger partial charge on any atom is 0.408 e. The summed E-state index contributed by atoms with van der Waals surface area (Å²) in [5, 5.41) is 23.1. The van der Waals surface area contributed by atoms with E-state index < -0.39 is 23.0 Å². The number of pyridine rings is 1. The number of ether oxygens (including phenoxy) is 1. The molecule has 1 amide bonds. The van der Waals surface area contributed by atoms with Gasteiger partial charge in [0.05, 0.1) is 5.52 Å². The van der Waals surface area contributed by atoms with Crippen LogP contribution in [0.5, 0.6) is 5.88 Å². The first kappa shape index (κ1) is 22.1.